The first-order valence-corrected chi connectivity index (χ1v) is 5.89. The molecule has 2 heterocycles. The predicted molar refractivity (Wildman–Crippen MR) is 67.5 cm³/mol. The highest BCUT2D eigenvalue weighted by atomic mass is 32.1. The van der Waals surface area contributed by atoms with Crippen molar-refractivity contribution in [3.63, 3.8) is 0 Å². The molecule has 0 spiro atoms. The van der Waals surface area contributed by atoms with Gasteiger partial charge in [-0.1, -0.05) is 0 Å². The Morgan fingerprint density at radius 3 is 2.62 bits per heavy atom. The minimum absolute atomic E-state index is 0.233. The van der Waals surface area contributed by atoms with E-state index < -0.39 is 0 Å². The molecule has 0 amide bonds. The zero-order chi connectivity index (χ0) is 11.5. The summed E-state index contributed by atoms with van der Waals surface area (Å²) in [6, 6.07) is 8.05. The first-order valence-electron chi connectivity index (χ1n) is 5.07. The van der Waals surface area contributed by atoms with Gasteiger partial charge in [0.2, 0.25) is 0 Å². The Balaban J connectivity index is 2.07. The van der Waals surface area contributed by atoms with E-state index in [4.69, 9.17) is 5.73 Å². The number of rotatable bonds is 3. The Morgan fingerprint density at radius 2 is 2.06 bits per heavy atom. The molecule has 84 valence electrons. The number of thiophene rings is 1. The van der Waals surface area contributed by atoms with Crippen molar-refractivity contribution in [2.45, 2.75) is 19.9 Å². The highest BCUT2D eigenvalue weighted by Crippen LogP contribution is 2.24. The van der Waals surface area contributed by atoms with E-state index in [-0.39, 0.29) is 6.04 Å². The van der Waals surface area contributed by atoms with Gasteiger partial charge in [-0.2, -0.15) is 0 Å². The lowest BCUT2D eigenvalue weighted by atomic mass is 10.2. The van der Waals surface area contributed by atoms with E-state index in [1.54, 1.807) is 17.4 Å². The lowest BCUT2D eigenvalue weighted by Crippen LogP contribution is -2.07. The summed E-state index contributed by atoms with van der Waals surface area (Å²) in [6.07, 6.45) is 0. The number of anilines is 2. The molecule has 16 heavy (non-hydrogen) atoms. The fraction of sp³-hybridized carbons (Fsp3) is 0.273. The SMILES string of the molecule is Cc1ccc(C(C)Nc2ccc(N)nn2)s1. The summed E-state index contributed by atoms with van der Waals surface area (Å²) < 4.78 is 0. The molecule has 2 rings (SSSR count). The highest BCUT2D eigenvalue weighted by molar-refractivity contribution is 7.12. The monoisotopic (exact) mass is 234 g/mol. The van der Waals surface area contributed by atoms with Gasteiger partial charge in [-0.15, -0.1) is 21.5 Å². The summed E-state index contributed by atoms with van der Waals surface area (Å²) in [5.41, 5.74) is 5.47. The molecule has 0 saturated carbocycles. The van der Waals surface area contributed by atoms with Crippen molar-refractivity contribution in [2.75, 3.05) is 11.1 Å². The lowest BCUT2D eigenvalue weighted by Gasteiger charge is -2.11. The standard InChI is InChI=1S/C11H14N4S/c1-7-3-4-9(16-7)8(2)13-11-6-5-10(12)14-15-11/h3-6,8H,1-2H3,(H2,12,14)(H,13,15). The third-order valence-electron chi connectivity index (χ3n) is 2.24. The van der Waals surface area contributed by atoms with Crippen molar-refractivity contribution in [3.05, 3.63) is 34.0 Å². The van der Waals surface area contributed by atoms with Crippen molar-refractivity contribution in [1.82, 2.24) is 10.2 Å². The van der Waals surface area contributed by atoms with Gasteiger partial charge in [0.05, 0.1) is 6.04 Å². The van der Waals surface area contributed by atoms with E-state index >= 15 is 0 Å². The fourth-order valence-corrected chi connectivity index (χ4v) is 2.28. The van der Waals surface area contributed by atoms with Crippen LogP contribution in [0.3, 0.4) is 0 Å². The molecule has 0 saturated heterocycles. The molecule has 0 aliphatic heterocycles. The van der Waals surface area contributed by atoms with E-state index in [1.807, 2.05) is 6.07 Å². The number of aryl methyl sites for hydroxylation is 1. The van der Waals surface area contributed by atoms with E-state index in [9.17, 15) is 0 Å². The first kappa shape index (κ1) is 10.9. The van der Waals surface area contributed by atoms with Crippen LogP contribution in [-0.4, -0.2) is 10.2 Å². The summed E-state index contributed by atoms with van der Waals surface area (Å²) in [4.78, 5) is 2.60. The molecule has 3 N–H and O–H groups in total. The number of nitrogen functional groups attached to an aromatic ring is 1. The van der Waals surface area contributed by atoms with Gasteiger partial charge in [0.15, 0.2) is 0 Å². The average molecular weight is 234 g/mol. The maximum Gasteiger partial charge on any atom is 0.149 e. The molecular weight excluding hydrogens is 220 g/mol. The Labute approximate surface area is 98.5 Å². The highest BCUT2D eigenvalue weighted by Gasteiger charge is 2.08. The predicted octanol–water partition coefficient (Wildman–Crippen LogP) is 2.60. The van der Waals surface area contributed by atoms with Gasteiger partial charge < -0.3 is 11.1 Å². The minimum atomic E-state index is 0.233. The molecule has 2 aromatic rings. The molecule has 4 nitrogen and oxygen atoms in total. The maximum absolute atomic E-state index is 5.47. The molecule has 0 aliphatic rings. The number of nitrogens with one attached hydrogen (secondary N) is 1. The fourth-order valence-electron chi connectivity index (χ4n) is 1.40. The maximum atomic E-state index is 5.47. The van der Waals surface area contributed by atoms with Crippen LogP contribution in [0.25, 0.3) is 0 Å². The first-order chi connectivity index (χ1) is 7.65. The van der Waals surface area contributed by atoms with E-state index in [0.29, 0.717) is 5.82 Å². The van der Waals surface area contributed by atoms with Gasteiger partial charge in [-0.25, -0.2) is 0 Å². The molecule has 0 fully saturated rings. The molecule has 0 aromatic carbocycles. The Hall–Kier alpha value is -1.62. The molecule has 1 unspecified atom stereocenters. The van der Waals surface area contributed by atoms with E-state index in [0.717, 1.165) is 5.82 Å². The van der Waals surface area contributed by atoms with Crippen LogP contribution in [0, 0.1) is 6.92 Å². The number of nitrogens with zero attached hydrogens (tertiary/aromatic N) is 2. The molecule has 0 bridgehead atoms. The van der Waals surface area contributed by atoms with Crippen LogP contribution < -0.4 is 11.1 Å². The summed E-state index contributed by atoms with van der Waals surface area (Å²) >= 11 is 1.78. The molecule has 0 radical (unpaired) electrons. The minimum Gasteiger partial charge on any atom is -0.382 e. The molecule has 5 heteroatoms. The average Bonchev–Trinajstić information content (AvgIpc) is 2.68. The van der Waals surface area contributed by atoms with Crippen LogP contribution >= 0.6 is 11.3 Å². The number of aromatic nitrogens is 2. The van der Waals surface area contributed by atoms with Crippen molar-refractivity contribution in [1.29, 1.82) is 0 Å². The van der Waals surface area contributed by atoms with Crippen molar-refractivity contribution in [3.8, 4) is 0 Å². The topological polar surface area (TPSA) is 63.8 Å². The largest absolute Gasteiger partial charge is 0.382 e. The summed E-state index contributed by atoms with van der Waals surface area (Å²) in [7, 11) is 0. The van der Waals surface area contributed by atoms with Gasteiger partial charge in [-0.05, 0) is 38.1 Å². The third-order valence-corrected chi connectivity index (χ3v) is 3.42. The van der Waals surface area contributed by atoms with Crippen molar-refractivity contribution in [2.24, 2.45) is 0 Å². The van der Waals surface area contributed by atoms with E-state index in [1.165, 1.54) is 9.75 Å². The quantitative estimate of drug-likeness (QED) is 0.856. The smallest absolute Gasteiger partial charge is 0.149 e. The van der Waals surface area contributed by atoms with Crippen LogP contribution in [0.2, 0.25) is 0 Å². The second-order valence-corrected chi connectivity index (χ2v) is 4.98. The zero-order valence-electron chi connectivity index (χ0n) is 9.27. The van der Waals surface area contributed by atoms with Crippen LogP contribution in [0.15, 0.2) is 24.3 Å². The van der Waals surface area contributed by atoms with Crippen molar-refractivity contribution < 1.29 is 0 Å². The van der Waals surface area contributed by atoms with Gasteiger partial charge in [0.1, 0.15) is 11.6 Å². The Bertz CT molecular complexity index is 463. The zero-order valence-corrected chi connectivity index (χ0v) is 10.1. The number of hydrogen-bond acceptors (Lipinski definition) is 5. The summed E-state index contributed by atoms with van der Waals surface area (Å²) in [5, 5.41) is 11.0. The molecule has 1 atom stereocenters. The summed E-state index contributed by atoms with van der Waals surface area (Å²) in [5.74, 6) is 1.18. The number of hydrogen-bond donors (Lipinski definition) is 2. The summed E-state index contributed by atoms with van der Waals surface area (Å²) in [6.45, 7) is 4.20. The third kappa shape index (κ3) is 2.49. The Kier molecular flexibility index (Phi) is 3.05. The van der Waals surface area contributed by atoms with Crippen LogP contribution in [0.4, 0.5) is 11.6 Å². The van der Waals surface area contributed by atoms with Gasteiger partial charge in [0, 0.05) is 9.75 Å². The molecule has 0 aliphatic carbocycles. The Morgan fingerprint density at radius 1 is 1.25 bits per heavy atom. The normalized spacial score (nSPS) is 12.4. The lowest BCUT2D eigenvalue weighted by molar-refractivity contribution is 0.880. The van der Waals surface area contributed by atoms with Gasteiger partial charge in [-0.3, -0.25) is 0 Å². The van der Waals surface area contributed by atoms with Crippen LogP contribution in [-0.2, 0) is 0 Å². The second kappa shape index (κ2) is 4.49. The van der Waals surface area contributed by atoms with Crippen LogP contribution in [0.1, 0.15) is 22.7 Å². The molecular formula is C11H14N4S. The molecule has 2 aromatic heterocycles. The second-order valence-electron chi connectivity index (χ2n) is 3.66. The van der Waals surface area contributed by atoms with Crippen LogP contribution in [0.5, 0.6) is 0 Å². The number of nitrogens with two attached hydrogens (primary N) is 1. The van der Waals surface area contributed by atoms with Crippen molar-refractivity contribution >= 4 is 23.0 Å². The van der Waals surface area contributed by atoms with Gasteiger partial charge >= 0.3 is 0 Å². The van der Waals surface area contributed by atoms with Gasteiger partial charge in [0.25, 0.3) is 0 Å². The van der Waals surface area contributed by atoms with E-state index in [2.05, 4.69) is 41.5 Å².